The second-order valence-electron chi connectivity index (χ2n) is 4.26. The van der Waals surface area contributed by atoms with Crippen molar-refractivity contribution in [1.82, 2.24) is 15.3 Å². The molecule has 0 saturated carbocycles. The monoisotopic (exact) mass is 276 g/mol. The first-order valence-electron chi connectivity index (χ1n) is 5.70. The van der Waals surface area contributed by atoms with Crippen molar-refractivity contribution < 1.29 is 0 Å². The van der Waals surface area contributed by atoms with E-state index >= 15 is 0 Å². The van der Waals surface area contributed by atoms with Gasteiger partial charge in [-0.1, -0.05) is 0 Å². The van der Waals surface area contributed by atoms with Gasteiger partial charge in [0.2, 0.25) is 5.28 Å². The first kappa shape index (κ1) is 14.5. The summed E-state index contributed by atoms with van der Waals surface area (Å²) in [5, 5.41) is 7.03. The number of aromatic nitrogens is 2. The van der Waals surface area contributed by atoms with Crippen LogP contribution in [0.4, 0.5) is 5.82 Å². The van der Waals surface area contributed by atoms with E-state index in [2.05, 4.69) is 20.6 Å². The fourth-order valence-corrected chi connectivity index (χ4v) is 2.19. The Morgan fingerprint density at radius 1 is 1.53 bits per heavy atom. The van der Waals surface area contributed by atoms with Crippen molar-refractivity contribution in [3.05, 3.63) is 17.0 Å². The van der Waals surface area contributed by atoms with Gasteiger partial charge in [0, 0.05) is 18.3 Å². The summed E-state index contributed by atoms with van der Waals surface area (Å²) in [4.78, 5) is 8.17. The maximum Gasteiger partial charge on any atom is 0.224 e. The van der Waals surface area contributed by atoms with Crippen molar-refractivity contribution in [1.29, 1.82) is 0 Å². The number of anilines is 1. The molecule has 17 heavy (non-hydrogen) atoms. The van der Waals surface area contributed by atoms with Crippen LogP contribution in [0.15, 0.2) is 6.07 Å². The molecule has 1 aliphatic heterocycles. The van der Waals surface area contributed by atoms with E-state index in [-0.39, 0.29) is 12.4 Å². The molecule has 6 heteroatoms. The van der Waals surface area contributed by atoms with E-state index in [1.165, 1.54) is 12.8 Å². The molecule has 1 atom stereocenters. The smallest absolute Gasteiger partial charge is 0.224 e. The Morgan fingerprint density at radius 2 is 2.35 bits per heavy atom. The summed E-state index contributed by atoms with van der Waals surface area (Å²) in [6, 6.07) is 1.92. The van der Waals surface area contributed by atoms with Crippen LogP contribution in [0.1, 0.15) is 18.5 Å². The number of piperidine rings is 1. The summed E-state index contributed by atoms with van der Waals surface area (Å²) in [5.74, 6) is 1.51. The minimum absolute atomic E-state index is 0. The van der Waals surface area contributed by atoms with Gasteiger partial charge in [-0.15, -0.1) is 12.4 Å². The topological polar surface area (TPSA) is 49.8 Å². The Bertz CT molecular complexity index is 333. The average molecular weight is 277 g/mol. The second-order valence-corrected chi connectivity index (χ2v) is 4.59. The van der Waals surface area contributed by atoms with Crippen LogP contribution >= 0.6 is 24.0 Å². The number of hydrogen-bond acceptors (Lipinski definition) is 4. The number of rotatable bonds is 3. The summed E-state index contributed by atoms with van der Waals surface area (Å²) in [6.45, 7) is 5.10. The van der Waals surface area contributed by atoms with Crippen LogP contribution < -0.4 is 10.6 Å². The molecular formula is C11H18Cl2N4. The molecule has 1 aliphatic rings. The van der Waals surface area contributed by atoms with Crippen molar-refractivity contribution in [2.75, 3.05) is 25.0 Å². The lowest BCUT2D eigenvalue weighted by molar-refractivity contribution is 0.392. The van der Waals surface area contributed by atoms with Gasteiger partial charge in [0.25, 0.3) is 0 Å². The molecule has 96 valence electrons. The third kappa shape index (κ3) is 4.66. The molecule has 2 N–H and O–H groups in total. The van der Waals surface area contributed by atoms with Crippen LogP contribution in [0.25, 0.3) is 0 Å². The van der Waals surface area contributed by atoms with E-state index in [9.17, 15) is 0 Å². The molecule has 4 nitrogen and oxygen atoms in total. The lowest BCUT2D eigenvalue weighted by Gasteiger charge is -2.23. The summed E-state index contributed by atoms with van der Waals surface area (Å²) >= 11 is 5.80. The highest BCUT2D eigenvalue weighted by Crippen LogP contribution is 2.13. The van der Waals surface area contributed by atoms with Crippen molar-refractivity contribution in [3.8, 4) is 0 Å². The van der Waals surface area contributed by atoms with Crippen LogP contribution in [0, 0.1) is 12.8 Å². The number of nitrogens with zero attached hydrogens (tertiary/aromatic N) is 2. The van der Waals surface area contributed by atoms with Gasteiger partial charge in [0.05, 0.1) is 0 Å². The minimum atomic E-state index is 0. The van der Waals surface area contributed by atoms with Gasteiger partial charge in [-0.3, -0.25) is 0 Å². The lowest BCUT2D eigenvalue weighted by atomic mass is 10.00. The molecular weight excluding hydrogens is 259 g/mol. The number of hydrogen-bond donors (Lipinski definition) is 2. The maximum absolute atomic E-state index is 5.80. The zero-order chi connectivity index (χ0) is 11.4. The van der Waals surface area contributed by atoms with E-state index in [1.807, 2.05) is 13.0 Å². The molecule has 1 unspecified atom stereocenters. The molecule has 0 aromatic carbocycles. The fraction of sp³-hybridized carbons (Fsp3) is 0.636. The maximum atomic E-state index is 5.80. The molecule has 1 aromatic rings. The third-order valence-corrected chi connectivity index (χ3v) is 2.97. The second kappa shape index (κ2) is 6.99. The standard InChI is InChI=1S/C11H17ClN4.ClH/c1-8-5-10(16-11(12)15-8)14-7-9-3-2-4-13-6-9;/h5,9,13H,2-4,6-7H2,1H3,(H,14,15,16);1H. The zero-order valence-electron chi connectivity index (χ0n) is 9.87. The van der Waals surface area contributed by atoms with Gasteiger partial charge >= 0.3 is 0 Å². The zero-order valence-corrected chi connectivity index (χ0v) is 11.4. The van der Waals surface area contributed by atoms with Crippen molar-refractivity contribution in [2.45, 2.75) is 19.8 Å². The van der Waals surface area contributed by atoms with E-state index in [0.717, 1.165) is 31.1 Å². The van der Waals surface area contributed by atoms with Crippen molar-refractivity contribution in [2.24, 2.45) is 5.92 Å². The van der Waals surface area contributed by atoms with E-state index in [0.29, 0.717) is 11.2 Å². The minimum Gasteiger partial charge on any atom is -0.370 e. The normalized spacial score (nSPS) is 19.5. The van der Waals surface area contributed by atoms with Gasteiger partial charge in [0.15, 0.2) is 0 Å². The lowest BCUT2D eigenvalue weighted by Crippen LogP contribution is -2.33. The van der Waals surface area contributed by atoms with Crippen LogP contribution in [0.2, 0.25) is 5.28 Å². The summed E-state index contributed by atoms with van der Waals surface area (Å²) in [6.07, 6.45) is 2.54. The Balaban J connectivity index is 0.00000144. The highest BCUT2D eigenvalue weighted by molar-refractivity contribution is 6.28. The molecule has 0 amide bonds. The highest BCUT2D eigenvalue weighted by atomic mass is 35.5. The highest BCUT2D eigenvalue weighted by Gasteiger charge is 2.12. The third-order valence-electron chi connectivity index (χ3n) is 2.80. The van der Waals surface area contributed by atoms with Crippen LogP contribution in [-0.4, -0.2) is 29.6 Å². The SMILES string of the molecule is Cc1cc(NCC2CCCNC2)nc(Cl)n1.Cl. The number of halogens is 2. The number of aryl methyl sites for hydroxylation is 1. The average Bonchev–Trinajstić information content (AvgIpc) is 2.27. The first-order valence-corrected chi connectivity index (χ1v) is 6.07. The predicted octanol–water partition coefficient (Wildman–Crippen LogP) is 2.27. The van der Waals surface area contributed by atoms with Gasteiger partial charge in [-0.2, -0.15) is 0 Å². The molecule has 0 aliphatic carbocycles. The van der Waals surface area contributed by atoms with Gasteiger partial charge < -0.3 is 10.6 Å². The summed E-state index contributed by atoms with van der Waals surface area (Å²) in [7, 11) is 0. The Labute approximate surface area is 113 Å². The molecule has 1 aromatic heterocycles. The fourth-order valence-electron chi connectivity index (χ4n) is 1.97. The van der Waals surface area contributed by atoms with Crippen molar-refractivity contribution >= 4 is 29.8 Å². The van der Waals surface area contributed by atoms with Gasteiger partial charge in [-0.05, 0) is 50.4 Å². The summed E-state index contributed by atoms with van der Waals surface area (Å²) < 4.78 is 0. The Morgan fingerprint density at radius 3 is 3.00 bits per heavy atom. The molecule has 0 radical (unpaired) electrons. The predicted molar refractivity (Wildman–Crippen MR) is 73.1 cm³/mol. The van der Waals surface area contributed by atoms with E-state index in [1.54, 1.807) is 0 Å². The molecule has 2 heterocycles. The molecule has 0 spiro atoms. The van der Waals surface area contributed by atoms with Gasteiger partial charge in [-0.25, -0.2) is 9.97 Å². The summed E-state index contributed by atoms with van der Waals surface area (Å²) in [5.41, 5.74) is 0.893. The Hall–Kier alpha value is -0.580. The first-order chi connectivity index (χ1) is 7.74. The van der Waals surface area contributed by atoms with E-state index in [4.69, 9.17) is 11.6 Å². The van der Waals surface area contributed by atoms with Crippen LogP contribution in [0.3, 0.4) is 0 Å². The van der Waals surface area contributed by atoms with Crippen molar-refractivity contribution in [3.63, 3.8) is 0 Å². The van der Waals surface area contributed by atoms with Gasteiger partial charge in [0.1, 0.15) is 5.82 Å². The molecule has 1 fully saturated rings. The largest absolute Gasteiger partial charge is 0.370 e. The van der Waals surface area contributed by atoms with Crippen LogP contribution in [-0.2, 0) is 0 Å². The molecule has 2 rings (SSSR count). The van der Waals surface area contributed by atoms with E-state index < -0.39 is 0 Å². The van der Waals surface area contributed by atoms with Crippen LogP contribution in [0.5, 0.6) is 0 Å². The number of nitrogens with one attached hydrogen (secondary N) is 2. The Kier molecular flexibility index (Phi) is 5.95. The quantitative estimate of drug-likeness (QED) is 0.832. The molecule has 1 saturated heterocycles. The molecule has 0 bridgehead atoms.